The summed E-state index contributed by atoms with van der Waals surface area (Å²) in [5, 5.41) is 2.77. The van der Waals surface area contributed by atoms with E-state index in [2.05, 4.69) is 21.2 Å². The number of benzene rings is 2. The van der Waals surface area contributed by atoms with Crippen LogP contribution in [0.25, 0.3) is 0 Å². The maximum absolute atomic E-state index is 12.4. The van der Waals surface area contributed by atoms with Crippen molar-refractivity contribution in [1.82, 2.24) is 0 Å². The molecule has 2 aromatic rings. The number of esters is 1. The quantitative estimate of drug-likeness (QED) is 0.666. The first kappa shape index (κ1) is 21.0. The highest BCUT2D eigenvalue weighted by atomic mass is 79.9. The first-order valence-electron chi connectivity index (χ1n) is 9.49. The predicted molar refractivity (Wildman–Crippen MR) is 115 cm³/mol. The van der Waals surface area contributed by atoms with Gasteiger partial charge in [-0.25, -0.2) is 0 Å². The lowest BCUT2D eigenvalue weighted by molar-refractivity contribution is -0.151. The topological polar surface area (TPSA) is 75.7 Å². The predicted octanol–water partition coefficient (Wildman–Crippen LogP) is 3.85. The van der Waals surface area contributed by atoms with Gasteiger partial charge >= 0.3 is 5.97 Å². The van der Waals surface area contributed by atoms with Crippen LogP contribution in [0.2, 0.25) is 0 Å². The first-order valence-corrected chi connectivity index (χ1v) is 10.3. The average molecular weight is 459 g/mol. The van der Waals surface area contributed by atoms with Gasteiger partial charge in [-0.1, -0.05) is 40.5 Å². The molecular weight excluding hydrogens is 436 g/mol. The largest absolute Gasteiger partial charge is 0.455 e. The second-order valence-corrected chi connectivity index (χ2v) is 7.97. The summed E-state index contributed by atoms with van der Waals surface area (Å²) < 4.78 is 6.10. The van der Waals surface area contributed by atoms with Crippen LogP contribution in [-0.4, -0.2) is 30.9 Å². The molecule has 152 valence electrons. The number of hydrogen-bond acceptors (Lipinski definition) is 4. The zero-order valence-corrected chi connectivity index (χ0v) is 18.0. The van der Waals surface area contributed by atoms with E-state index in [1.165, 1.54) is 0 Å². The second kappa shape index (κ2) is 9.22. The molecule has 1 fully saturated rings. The lowest BCUT2D eigenvalue weighted by Crippen LogP contribution is -2.28. The highest BCUT2D eigenvalue weighted by Crippen LogP contribution is 2.26. The second-order valence-electron chi connectivity index (χ2n) is 7.05. The number of rotatable bonds is 6. The molecule has 3 rings (SSSR count). The van der Waals surface area contributed by atoms with Crippen LogP contribution in [0.4, 0.5) is 11.4 Å². The van der Waals surface area contributed by atoms with E-state index in [1.54, 1.807) is 11.0 Å². The molecule has 0 unspecified atom stereocenters. The normalized spacial score (nSPS) is 16.0. The Balaban J connectivity index is 1.54. The highest BCUT2D eigenvalue weighted by Gasteiger charge is 2.36. The summed E-state index contributed by atoms with van der Waals surface area (Å²) in [6, 6.07) is 13.1. The van der Waals surface area contributed by atoms with E-state index < -0.39 is 17.8 Å². The van der Waals surface area contributed by atoms with Crippen molar-refractivity contribution in [2.45, 2.75) is 26.7 Å². The Hall–Kier alpha value is -2.67. The van der Waals surface area contributed by atoms with E-state index in [9.17, 15) is 14.4 Å². The third kappa shape index (κ3) is 5.23. The summed E-state index contributed by atoms with van der Waals surface area (Å²) in [7, 11) is 0. The van der Waals surface area contributed by atoms with Crippen molar-refractivity contribution < 1.29 is 19.1 Å². The van der Waals surface area contributed by atoms with Crippen LogP contribution in [0.3, 0.4) is 0 Å². The van der Waals surface area contributed by atoms with Crippen LogP contribution in [0, 0.1) is 12.8 Å². The Morgan fingerprint density at radius 3 is 2.62 bits per heavy atom. The Kier molecular flexibility index (Phi) is 6.69. The molecule has 1 saturated heterocycles. The molecule has 6 nitrogen and oxygen atoms in total. The number of hydrogen-bond donors (Lipinski definition) is 1. The van der Waals surface area contributed by atoms with Gasteiger partial charge in [-0.15, -0.1) is 0 Å². The molecule has 0 radical (unpaired) electrons. The molecule has 2 amide bonds. The molecule has 0 saturated carbocycles. The fourth-order valence-corrected chi connectivity index (χ4v) is 3.67. The minimum Gasteiger partial charge on any atom is -0.455 e. The van der Waals surface area contributed by atoms with Crippen LogP contribution >= 0.6 is 15.9 Å². The fourth-order valence-electron chi connectivity index (χ4n) is 3.26. The zero-order valence-electron chi connectivity index (χ0n) is 16.4. The molecule has 0 bridgehead atoms. The van der Waals surface area contributed by atoms with Gasteiger partial charge in [0, 0.05) is 28.8 Å². The minimum absolute atomic E-state index is 0.0843. The molecule has 2 aromatic carbocycles. The third-order valence-electron chi connectivity index (χ3n) is 4.87. The Bertz CT molecular complexity index is 927. The molecule has 1 heterocycles. The van der Waals surface area contributed by atoms with Crippen molar-refractivity contribution in [3.8, 4) is 0 Å². The molecule has 1 N–H and O–H groups in total. The van der Waals surface area contributed by atoms with E-state index in [-0.39, 0.29) is 25.5 Å². The van der Waals surface area contributed by atoms with Crippen LogP contribution in [0.15, 0.2) is 46.9 Å². The van der Waals surface area contributed by atoms with E-state index in [1.807, 2.05) is 50.2 Å². The van der Waals surface area contributed by atoms with Crippen LogP contribution in [0.1, 0.15) is 24.5 Å². The number of aryl methyl sites for hydroxylation is 2. The summed E-state index contributed by atoms with van der Waals surface area (Å²) in [6.45, 7) is 3.84. The van der Waals surface area contributed by atoms with Crippen molar-refractivity contribution in [3.05, 3.63) is 58.1 Å². The molecule has 1 aliphatic rings. The zero-order chi connectivity index (χ0) is 21.0. The van der Waals surface area contributed by atoms with Crippen LogP contribution in [-0.2, 0) is 25.5 Å². The van der Waals surface area contributed by atoms with Crippen molar-refractivity contribution in [2.24, 2.45) is 5.92 Å². The van der Waals surface area contributed by atoms with E-state index in [0.717, 1.165) is 27.7 Å². The van der Waals surface area contributed by atoms with E-state index in [4.69, 9.17) is 4.74 Å². The lowest BCUT2D eigenvalue weighted by atomic mass is 10.1. The van der Waals surface area contributed by atoms with Crippen molar-refractivity contribution in [1.29, 1.82) is 0 Å². The maximum atomic E-state index is 12.4. The number of nitrogens with one attached hydrogen (secondary N) is 1. The molecule has 7 heteroatoms. The Labute approximate surface area is 178 Å². The first-order chi connectivity index (χ1) is 13.9. The summed E-state index contributed by atoms with van der Waals surface area (Å²) >= 11 is 3.41. The van der Waals surface area contributed by atoms with Crippen molar-refractivity contribution in [3.63, 3.8) is 0 Å². The third-order valence-corrected chi connectivity index (χ3v) is 5.37. The van der Waals surface area contributed by atoms with Gasteiger partial charge in [-0.05, 0) is 49.2 Å². The molecule has 1 atom stereocenters. The van der Waals surface area contributed by atoms with Crippen molar-refractivity contribution >= 4 is 45.1 Å². The average Bonchev–Trinajstić information content (AvgIpc) is 3.09. The van der Waals surface area contributed by atoms with Gasteiger partial charge in [0.2, 0.25) is 5.91 Å². The number of halogens is 1. The molecule has 0 spiro atoms. The number of carbonyl (C=O) groups excluding carboxylic acids is 3. The van der Waals surface area contributed by atoms with Gasteiger partial charge in [0.25, 0.3) is 5.91 Å². The van der Waals surface area contributed by atoms with Gasteiger partial charge in [0.05, 0.1) is 5.92 Å². The van der Waals surface area contributed by atoms with Gasteiger partial charge in [-0.2, -0.15) is 0 Å². The minimum atomic E-state index is -0.574. The van der Waals surface area contributed by atoms with Crippen LogP contribution < -0.4 is 10.2 Å². The Morgan fingerprint density at radius 1 is 1.21 bits per heavy atom. The van der Waals surface area contributed by atoms with Gasteiger partial charge in [-0.3, -0.25) is 14.4 Å². The van der Waals surface area contributed by atoms with Crippen LogP contribution in [0.5, 0.6) is 0 Å². The number of ether oxygens (including phenoxy) is 1. The summed E-state index contributed by atoms with van der Waals surface area (Å²) in [6.07, 6.45) is 0.842. The number of nitrogens with zero attached hydrogens (tertiary/aromatic N) is 1. The fraction of sp³-hybridized carbons (Fsp3) is 0.318. The standard InChI is InChI=1S/C22H23BrN2O4/c1-3-15-10-17(23)6-9-19(15)24-20(26)13-29-22(28)16-11-21(27)25(12-16)18-7-4-14(2)5-8-18/h4-10,16H,3,11-13H2,1-2H3,(H,24,26)/t16-/m1/s1. The van der Waals surface area contributed by atoms with Gasteiger partial charge in [0.1, 0.15) is 0 Å². The van der Waals surface area contributed by atoms with Crippen molar-refractivity contribution in [2.75, 3.05) is 23.4 Å². The summed E-state index contributed by atoms with van der Waals surface area (Å²) in [4.78, 5) is 38.4. The Morgan fingerprint density at radius 2 is 1.93 bits per heavy atom. The number of anilines is 2. The monoisotopic (exact) mass is 458 g/mol. The molecule has 29 heavy (non-hydrogen) atoms. The molecule has 1 aliphatic heterocycles. The smallest absolute Gasteiger partial charge is 0.311 e. The molecule has 0 aromatic heterocycles. The molecular formula is C22H23BrN2O4. The number of amides is 2. The van der Waals surface area contributed by atoms with Gasteiger partial charge < -0.3 is 15.0 Å². The maximum Gasteiger partial charge on any atom is 0.311 e. The lowest BCUT2D eigenvalue weighted by Gasteiger charge is -2.16. The number of carbonyl (C=O) groups is 3. The summed E-state index contributed by atoms with van der Waals surface area (Å²) in [5.74, 6) is -1.64. The van der Waals surface area contributed by atoms with E-state index in [0.29, 0.717) is 5.69 Å². The highest BCUT2D eigenvalue weighted by molar-refractivity contribution is 9.10. The molecule has 0 aliphatic carbocycles. The van der Waals surface area contributed by atoms with Gasteiger partial charge in [0.15, 0.2) is 6.61 Å². The van der Waals surface area contributed by atoms with E-state index >= 15 is 0 Å². The SMILES string of the molecule is CCc1cc(Br)ccc1NC(=O)COC(=O)[C@@H]1CC(=O)N(c2ccc(C)cc2)C1. The summed E-state index contributed by atoms with van der Waals surface area (Å²) in [5.41, 5.74) is 3.53.